The Kier molecular flexibility index (Phi) is 17.9. The predicted molar refractivity (Wildman–Crippen MR) is 211 cm³/mol. The zero-order chi connectivity index (χ0) is 43.0. The first-order valence-electron chi connectivity index (χ1n) is 19.2. The number of ether oxygens (including phenoxy) is 5. The van der Waals surface area contributed by atoms with E-state index in [-0.39, 0.29) is 17.9 Å². The standard InChI is InChI=1S/C38H52N7O13P/c1-6-7-11-21-52-36(49)25(2)42-59(51,58-30-15-9-8-10-16-30)53-24-31-34(54-26(3)46)35(55-27(4)47)33(41-32(48)23-40-43-39)38(56-31)57-37(50)28-13-12-14-29(22-28)45-19-17-44(5)18-20-45/h8-10,12-16,22,25,31,33-35,38H,6-7,11,17-21,23-24H2,1-5H3,(H,41,48)(H,42,51)/t25-,31+,33-,34+,35+,38?,59?/m0/s1. The van der Waals surface area contributed by atoms with Gasteiger partial charge in [-0.25, -0.2) is 9.36 Å². The molecule has 2 N–H and O–H groups in total. The number of nitrogens with zero attached hydrogens (tertiary/aromatic N) is 5. The fourth-order valence-electron chi connectivity index (χ4n) is 6.17. The molecule has 2 aliphatic heterocycles. The molecule has 4 rings (SSSR count). The fourth-order valence-corrected chi connectivity index (χ4v) is 7.68. The van der Waals surface area contributed by atoms with Crippen molar-refractivity contribution in [3.05, 3.63) is 70.6 Å². The van der Waals surface area contributed by atoms with Gasteiger partial charge in [0, 0.05) is 50.6 Å². The third-order valence-electron chi connectivity index (χ3n) is 9.10. The number of unbranched alkanes of at least 4 members (excludes halogenated alkanes) is 2. The van der Waals surface area contributed by atoms with Crippen LogP contribution in [0.5, 0.6) is 5.75 Å². The van der Waals surface area contributed by atoms with Crippen molar-refractivity contribution in [2.45, 2.75) is 83.6 Å². The van der Waals surface area contributed by atoms with Crippen molar-refractivity contribution in [3.8, 4) is 5.75 Å². The van der Waals surface area contributed by atoms with E-state index in [9.17, 15) is 28.5 Å². The average molecular weight is 846 g/mol. The van der Waals surface area contributed by atoms with Gasteiger partial charge in [-0.1, -0.05) is 49.1 Å². The highest BCUT2D eigenvalue weighted by molar-refractivity contribution is 7.52. The number of anilines is 1. The van der Waals surface area contributed by atoms with Crippen LogP contribution >= 0.6 is 7.75 Å². The molecular weight excluding hydrogens is 793 g/mol. The molecule has 20 nitrogen and oxygen atoms in total. The van der Waals surface area contributed by atoms with Gasteiger partial charge in [0.05, 0.1) is 18.8 Å². The Balaban J connectivity index is 1.68. The summed E-state index contributed by atoms with van der Waals surface area (Å²) in [5, 5.41) is 8.34. The van der Waals surface area contributed by atoms with Gasteiger partial charge in [-0.15, -0.1) is 0 Å². The maximum atomic E-state index is 14.4. The predicted octanol–water partition coefficient (Wildman–Crippen LogP) is 3.89. The van der Waals surface area contributed by atoms with Crippen LogP contribution in [0.4, 0.5) is 5.69 Å². The maximum absolute atomic E-state index is 14.4. The van der Waals surface area contributed by atoms with E-state index < -0.39 is 87.4 Å². The molecule has 2 aliphatic rings. The zero-order valence-electron chi connectivity index (χ0n) is 33.7. The van der Waals surface area contributed by atoms with E-state index in [2.05, 4.69) is 30.2 Å². The zero-order valence-corrected chi connectivity index (χ0v) is 34.6. The topological polar surface area (TPSA) is 246 Å². The van der Waals surface area contributed by atoms with E-state index in [0.29, 0.717) is 6.42 Å². The van der Waals surface area contributed by atoms with Crippen molar-refractivity contribution >= 4 is 43.2 Å². The number of likely N-dealkylation sites (N-methyl/N-ethyl adjacent to an activating group) is 1. The molecule has 21 heteroatoms. The van der Waals surface area contributed by atoms with Crippen molar-refractivity contribution in [2.75, 3.05) is 57.9 Å². The molecule has 322 valence electrons. The molecule has 0 aromatic heterocycles. The van der Waals surface area contributed by atoms with Crippen molar-refractivity contribution in [1.29, 1.82) is 0 Å². The molecule has 0 aliphatic carbocycles. The van der Waals surface area contributed by atoms with Crippen molar-refractivity contribution in [1.82, 2.24) is 15.3 Å². The summed E-state index contributed by atoms with van der Waals surface area (Å²) >= 11 is 0. The first-order valence-corrected chi connectivity index (χ1v) is 20.7. The quantitative estimate of drug-likeness (QED) is 0.0365. The second-order valence-electron chi connectivity index (χ2n) is 13.8. The molecular formula is C38H52N7O13P. The molecule has 2 aromatic carbocycles. The smallest absolute Gasteiger partial charge is 0.459 e. The highest BCUT2D eigenvalue weighted by Gasteiger charge is 2.53. The summed E-state index contributed by atoms with van der Waals surface area (Å²) in [5.74, 6) is -4.19. The molecule has 1 amide bonds. The molecule has 0 spiro atoms. The van der Waals surface area contributed by atoms with E-state index in [1.54, 1.807) is 30.3 Å². The second-order valence-corrected chi connectivity index (χ2v) is 15.5. The summed E-state index contributed by atoms with van der Waals surface area (Å²) < 4.78 is 54.6. The highest BCUT2D eigenvalue weighted by atomic mass is 31.2. The molecule has 0 saturated carbocycles. The summed E-state index contributed by atoms with van der Waals surface area (Å²) in [6.45, 7) is 7.27. The number of rotatable bonds is 20. The van der Waals surface area contributed by atoms with Gasteiger partial charge in [0.25, 0.3) is 0 Å². The molecule has 2 heterocycles. The Hall–Kier alpha value is -5.23. The number of amides is 1. The molecule has 2 saturated heterocycles. The van der Waals surface area contributed by atoms with Crippen LogP contribution in [0.1, 0.15) is 57.3 Å². The Morgan fingerprint density at radius 2 is 1.66 bits per heavy atom. The molecule has 59 heavy (non-hydrogen) atoms. The Morgan fingerprint density at radius 3 is 2.32 bits per heavy atom. The SMILES string of the molecule is CCCCCOC(=O)[C@H](C)NP(=O)(OC[C@H]1OC(OC(=O)c2cccc(N3CCN(C)CC3)c2)[C@@H](NC(=O)CN=[N+]=[N-])[C@@H](OC(C)=O)[C@@H]1OC(C)=O)Oc1ccccc1. The lowest BCUT2D eigenvalue weighted by atomic mass is 9.96. The minimum absolute atomic E-state index is 0.0964. The fraction of sp³-hybridized carbons (Fsp3) is 0.553. The number of azide groups is 1. The summed E-state index contributed by atoms with van der Waals surface area (Å²) in [6.07, 6.45) is -4.16. The minimum Gasteiger partial charge on any atom is -0.465 e. The number of carbonyl (C=O) groups excluding carboxylic acids is 5. The molecule has 0 radical (unpaired) electrons. The van der Waals surface area contributed by atoms with Crippen molar-refractivity contribution in [2.24, 2.45) is 5.11 Å². The second kappa shape index (κ2) is 22.8. The van der Waals surface area contributed by atoms with E-state index in [1.165, 1.54) is 25.1 Å². The van der Waals surface area contributed by atoms with Gasteiger partial charge >= 0.3 is 31.6 Å². The Bertz CT molecular complexity index is 1840. The molecule has 7 atom stereocenters. The number of esters is 4. The molecule has 2 unspecified atom stereocenters. The molecule has 0 bridgehead atoms. The largest absolute Gasteiger partial charge is 0.465 e. The van der Waals surface area contributed by atoms with Crippen LogP contribution in [0.2, 0.25) is 0 Å². The summed E-state index contributed by atoms with van der Waals surface area (Å²) in [7, 11) is -2.53. The Labute approximate surface area is 342 Å². The third-order valence-corrected chi connectivity index (χ3v) is 10.7. The van der Waals surface area contributed by atoms with Gasteiger partial charge in [0.2, 0.25) is 12.2 Å². The van der Waals surface area contributed by atoms with Gasteiger partial charge in [0.15, 0.2) is 12.2 Å². The lowest BCUT2D eigenvalue weighted by Gasteiger charge is -2.44. The molecule has 2 fully saturated rings. The third kappa shape index (κ3) is 14.5. The lowest BCUT2D eigenvalue weighted by molar-refractivity contribution is -0.261. The van der Waals surface area contributed by atoms with Crippen LogP contribution in [0.25, 0.3) is 10.4 Å². The van der Waals surface area contributed by atoms with Gasteiger partial charge in [-0.2, -0.15) is 5.09 Å². The number of piperazine rings is 1. The first kappa shape index (κ1) is 46.5. The van der Waals surface area contributed by atoms with Crippen LogP contribution in [-0.4, -0.2) is 124 Å². The maximum Gasteiger partial charge on any atom is 0.459 e. The summed E-state index contributed by atoms with van der Waals surface area (Å²) in [6, 6.07) is 11.8. The minimum atomic E-state index is -4.55. The van der Waals surface area contributed by atoms with Crippen LogP contribution in [0.3, 0.4) is 0 Å². The van der Waals surface area contributed by atoms with E-state index in [0.717, 1.165) is 58.6 Å². The van der Waals surface area contributed by atoms with Gasteiger partial charge in [-0.05, 0) is 56.3 Å². The van der Waals surface area contributed by atoms with Crippen LogP contribution < -0.4 is 19.8 Å². The van der Waals surface area contributed by atoms with Crippen molar-refractivity contribution < 1.29 is 61.3 Å². The van der Waals surface area contributed by atoms with Crippen LogP contribution in [0, 0.1) is 0 Å². The highest BCUT2D eigenvalue weighted by Crippen LogP contribution is 2.46. The van der Waals surface area contributed by atoms with Gasteiger partial charge < -0.3 is 43.3 Å². The number of carbonyl (C=O) groups is 5. The van der Waals surface area contributed by atoms with Crippen molar-refractivity contribution in [3.63, 3.8) is 0 Å². The normalized spacial score (nSPS) is 22.1. The number of hydrogen-bond donors (Lipinski definition) is 2. The monoisotopic (exact) mass is 845 g/mol. The summed E-state index contributed by atoms with van der Waals surface area (Å²) in [4.78, 5) is 71.7. The first-order chi connectivity index (χ1) is 28.2. The number of para-hydroxylation sites is 1. The van der Waals surface area contributed by atoms with Gasteiger partial charge in [0.1, 0.15) is 30.5 Å². The number of benzene rings is 2. The number of hydrogen-bond acceptors (Lipinski definition) is 16. The average Bonchev–Trinajstić information content (AvgIpc) is 3.20. The van der Waals surface area contributed by atoms with E-state index in [1.807, 2.05) is 20.0 Å². The van der Waals surface area contributed by atoms with E-state index in [4.69, 9.17) is 38.3 Å². The lowest BCUT2D eigenvalue weighted by Crippen LogP contribution is -2.67. The number of nitrogens with one attached hydrogen (secondary N) is 2. The Morgan fingerprint density at radius 1 is 0.966 bits per heavy atom. The summed E-state index contributed by atoms with van der Waals surface area (Å²) in [5.41, 5.74) is 9.70. The van der Waals surface area contributed by atoms with Crippen LogP contribution in [-0.2, 0) is 52.0 Å². The van der Waals surface area contributed by atoms with Gasteiger partial charge in [-0.3, -0.25) is 23.7 Å². The van der Waals surface area contributed by atoms with E-state index >= 15 is 0 Å². The van der Waals surface area contributed by atoms with Crippen LogP contribution in [0.15, 0.2) is 59.7 Å². The molecule has 2 aromatic rings.